The van der Waals surface area contributed by atoms with Crippen LogP contribution in [-0.4, -0.2) is 103 Å². The molecule has 65 heavy (non-hydrogen) atoms. The molecule has 1 aliphatic rings. The number of hydrogen-bond acceptors (Lipinski definition) is 10. The molecule has 0 aromatic heterocycles. The van der Waals surface area contributed by atoms with Crippen LogP contribution >= 0.6 is 0 Å². The van der Waals surface area contributed by atoms with Crippen LogP contribution in [0.15, 0.2) is 84.9 Å². The topological polar surface area (TPSA) is 181 Å². The Morgan fingerprint density at radius 2 is 1.25 bits per heavy atom. The number of terminal acetylenes is 1. The van der Waals surface area contributed by atoms with E-state index in [2.05, 4.69) is 27.2 Å². The van der Waals surface area contributed by atoms with Crippen molar-refractivity contribution in [3.05, 3.63) is 107 Å². The molecular formula is C51H67N5O9. The maximum absolute atomic E-state index is 14.4. The fraction of sp³-hybridized carbons (Fsp3) is 0.490. The first kappa shape index (κ1) is 51.6. The number of aryl methyl sites for hydroxylation is 1. The molecule has 0 bridgehead atoms. The Kier molecular flexibility index (Phi) is 20.7. The van der Waals surface area contributed by atoms with E-state index in [9.17, 15) is 28.8 Å². The van der Waals surface area contributed by atoms with Crippen LogP contribution in [0.5, 0.6) is 0 Å². The van der Waals surface area contributed by atoms with Gasteiger partial charge in [0.2, 0.25) is 23.6 Å². The van der Waals surface area contributed by atoms with E-state index in [0.29, 0.717) is 43.9 Å². The number of ketones is 1. The minimum atomic E-state index is -1.67. The van der Waals surface area contributed by atoms with Gasteiger partial charge >= 0.3 is 6.16 Å². The van der Waals surface area contributed by atoms with Crippen molar-refractivity contribution in [3.63, 3.8) is 0 Å². The fourth-order valence-corrected chi connectivity index (χ4v) is 7.43. The van der Waals surface area contributed by atoms with Gasteiger partial charge in [-0.15, -0.1) is 6.42 Å². The highest BCUT2D eigenvalue weighted by molar-refractivity contribution is 5.98. The van der Waals surface area contributed by atoms with Gasteiger partial charge in [-0.3, -0.25) is 28.9 Å². The van der Waals surface area contributed by atoms with Gasteiger partial charge < -0.3 is 35.5 Å². The van der Waals surface area contributed by atoms with Crippen molar-refractivity contribution >= 4 is 35.6 Å². The summed E-state index contributed by atoms with van der Waals surface area (Å²) < 4.78 is 16.5. The van der Waals surface area contributed by atoms with Crippen LogP contribution in [0.3, 0.4) is 0 Å². The Morgan fingerprint density at radius 1 is 0.708 bits per heavy atom. The average Bonchev–Trinajstić information content (AvgIpc) is 3.29. The lowest BCUT2D eigenvalue weighted by molar-refractivity contribution is -0.144. The van der Waals surface area contributed by atoms with E-state index in [1.165, 1.54) is 6.92 Å². The molecule has 1 aliphatic heterocycles. The first-order chi connectivity index (χ1) is 31.1. The lowest BCUT2D eigenvalue weighted by Gasteiger charge is -2.32. The monoisotopic (exact) mass is 893 g/mol. The van der Waals surface area contributed by atoms with Gasteiger partial charge in [0, 0.05) is 25.1 Å². The fourth-order valence-electron chi connectivity index (χ4n) is 7.43. The highest BCUT2D eigenvalue weighted by Gasteiger charge is 2.42. The number of Topliss-reactive ketones (excluding diaryl/α,β-unsaturated/α-hetero) is 1. The van der Waals surface area contributed by atoms with Crippen molar-refractivity contribution in [2.75, 3.05) is 32.8 Å². The zero-order valence-electron chi connectivity index (χ0n) is 38.7. The second-order valence-electron chi connectivity index (χ2n) is 17.6. The van der Waals surface area contributed by atoms with Gasteiger partial charge in [0.05, 0.1) is 25.8 Å². The lowest BCUT2D eigenvalue weighted by atomic mass is 9.87. The summed E-state index contributed by atoms with van der Waals surface area (Å²) in [6, 6.07) is 21.3. The van der Waals surface area contributed by atoms with Crippen LogP contribution < -0.4 is 21.3 Å². The Balaban J connectivity index is 1.53. The summed E-state index contributed by atoms with van der Waals surface area (Å²) in [4.78, 5) is 85.6. The first-order valence-corrected chi connectivity index (χ1v) is 22.6. The van der Waals surface area contributed by atoms with Crippen LogP contribution in [0.25, 0.3) is 0 Å². The third kappa shape index (κ3) is 17.5. The predicted octanol–water partition coefficient (Wildman–Crippen LogP) is 5.30. The number of hydrogen-bond donors (Lipinski definition) is 4. The van der Waals surface area contributed by atoms with E-state index in [4.69, 9.17) is 20.6 Å². The van der Waals surface area contributed by atoms with E-state index >= 15 is 0 Å². The smallest absolute Gasteiger partial charge is 0.429 e. The third-order valence-electron chi connectivity index (χ3n) is 11.3. The second-order valence-corrected chi connectivity index (χ2v) is 17.6. The molecule has 4 N–H and O–H groups in total. The van der Waals surface area contributed by atoms with Gasteiger partial charge in [-0.2, -0.15) is 0 Å². The van der Waals surface area contributed by atoms with Crippen LogP contribution in [0.1, 0.15) is 89.5 Å². The number of nitrogens with one attached hydrogen (secondary N) is 4. The van der Waals surface area contributed by atoms with E-state index in [1.54, 1.807) is 31.2 Å². The average molecular weight is 894 g/mol. The van der Waals surface area contributed by atoms with Gasteiger partial charge in [-0.05, 0) is 79.7 Å². The lowest BCUT2D eigenvalue weighted by Crippen LogP contribution is -2.60. The Morgan fingerprint density at radius 3 is 1.83 bits per heavy atom. The maximum atomic E-state index is 14.4. The van der Waals surface area contributed by atoms with Gasteiger partial charge in [0.15, 0.2) is 11.4 Å². The number of morpholine rings is 1. The number of benzene rings is 3. The molecule has 4 rings (SSSR count). The molecule has 1 fully saturated rings. The van der Waals surface area contributed by atoms with Crippen LogP contribution in [0.4, 0.5) is 4.79 Å². The molecule has 0 aliphatic carbocycles. The van der Waals surface area contributed by atoms with Gasteiger partial charge in [-0.25, -0.2) is 4.79 Å². The molecular weight excluding hydrogens is 827 g/mol. The number of ether oxygens (including phenoxy) is 3. The molecule has 350 valence electrons. The van der Waals surface area contributed by atoms with Gasteiger partial charge in [0.1, 0.15) is 24.7 Å². The molecule has 3 aromatic rings. The van der Waals surface area contributed by atoms with Crippen molar-refractivity contribution < 1.29 is 43.0 Å². The van der Waals surface area contributed by atoms with Crippen molar-refractivity contribution in [1.29, 1.82) is 0 Å². The quantitative estimate of drug-likeness (QED) is 0.0681. The molecule has 0 saturated carbocycles. The second kappa shape index (κ2) is 26.1. The number of carbonyl (C=O) groups is 6. The first-order valence-electron chi connectivity index (χ1n) is 22.6. The minimum Gasteiger partial charge on any atom is -0.429 e. The summed E-state index contributed by atoms with van der Waals surface area (Å²) in [5.74, 6) is -0.206. The summed E-state index contributed by atoms with van der Waals surface area (Å²) in [7, 11) is 0. The Hall–Kier alpha value is -6.04. The van der Waals surface area contributed by atoms with Crippen molar-refractivity contribution in [1.82, 2.24) is 26.2 Å². The zero-order chi connectivity index (χ0) is 47.4. The molecule has 5 atom stereocenters. The molecule has 1 heterocycles. The Bertz CT molecular complexity index is 2050. The summed E-state index contributed by atoms with van der Waals surface area (Å²) in [5, 5.41) is 11.6. The number of amides is 4. The van der Waals surface area contributed by atoms with Crippen LogP contribution in [-0.2, 0) is 57.6 Å². The summed E-state index contributed by atoms with van der Waals surface area (Å²) >= 11 is 0. The van der Waals surface area contributed by atoms with Gasteiger partial charge in [-0.1, -0.05) is 113 Å². The molecule has 0 spiro atoms. The normalized spacial score (nSPS) is 15.6. The summed E-state index contributed by atoms with van der Waals surface area (Å²) in [5.41, 5.74) is 1.41. The number of nitrogens with zero attached hydrogens (tertiary/aromatic N) is 1. The molecule has 0 radical (unpaired) electrons. The van der Waals surface area contributed by atoms with Crippen LogP contribution in [0.2, 0.25) is 0 Å². The molecule has 1 saturated heterocycles. The van der Waals surface area contributed by atoms with Crippen LogP contribution in [0, 0.1) is 24.2 Å². The highest BCUT2D eigenvalue weighted by Crippen LogP contribution is 2.23. The largest absolute Gasteiger partial charge is 0.509 e. The summed E-state index contributed by atoms with van der Waals surface area (Å²) in [6.07, 6.45) is 5.76. The molecule has 4 amide bonds. The summed E-state index contributed by atoms with van der Waals surface area (Å²) in [6.45, 7) is 13.0. The number of rotatable bonds is 24. The Labute approximate surface area is 384 Å². The van der Waals surface area contributed by atoms with Crippen molar-refractivity contribution in [2.45, 2.75) is 116 Å². The van der Waals surface area contributed by atoms with E-state index < -0.39 is 59.4 Å². The predicted molar refractivity (Wildman–Crippen MR) is 248 cm³/mol. The molecule has 0 unspecified atom stereocenters. The van der Waals surface area contributed by atoms with E-state index in [-0.39, 0.29) is 63.0 Å². The van der Waals surface area contributed by atoms with E-state index in [1.807, 2.05) is 93.3 Å². The minimum absolute atomic E-state index is 0.0494. The molecule has 14 heteroatoms. The molecule has 14 nitrogen and oxygen atoms in total. The van der Waals surface area contributed by atoms with E-state index in [0.717, 1.165) is 11.1 Å². The number of carbonyl (C=O) groups excluding carboxylic acids is 6. The standard InChI is InChI=1S/C51H67N5O9/c1-8-37-20-22-40(23-21-37)34-64-50(62)65-51(7,9-2)46(58)42(30-35(3)4)53-49(61)44(32-39-18-14-11-15-19-39)55-48(60)43(31-36(5)6)54-47(59)41(25-24-38-16-12-10-13-17-38)52-45(57)33-56-26-28-63-29-27-56/h1,10-23,35-36,41-44H,9,24-34H2,2-7H3,(H,52,57)(H,53,61)(H,54,59)(H,55,60)/t41-,42-,43-,44-,51+/m0/s1. The SMILES string of the molecule is C#Cc1ccc(COC(=O)O[C@](C)(CC)C(=O)[C@H](CC(C)C)NC(=O)[C@H](Cc2ccccc2)NC(=O)[C@H](CC(C)C)NC(=O)[C@H](CCc2ccccc2)NC(=O)CN2CCOCC2)cc1. The van der Waals surface area contributed by atoms with Gasteiger partial charge in [0.25, 0.3) is 0 Å². The van der Waals surface area contributed by atoms with Crippen molar-refractivity contribution in [2.24, 2.45) is 11.8 Å². The van der Waals surface area contributed by atoms with Crippen molar-refractivity contribution in [3.8, 4) is 12.3 Å². The third-order valence-corrected chi connectivity index (χ3v) is 11.3. The maximum Gasteiger partial charge on any atom is 0.509 e. The zero-order valence-corrected chi connectivity index (χ0v) is 38.7. The highest BCUT2D eigenvalue weighted by atomic mass is 16.7. The molecule has 3 aromatic carbocycles.